The average molecular weight is 245 g/mol. The first-order valence-electron chi connectivity index (χ1n) is 6.09. The number of aryl methyl sites for hydroxylation is 1. The fraction of sp³-hybridized carbons (Fsp3) is 0.357. The molecule has 2 N–H and O–H groups in total. The summed E-state index contributed by atoms with van der Waals surface area (Å²) in [6.45, 7) is 2.48. The second kappa shape index (κ2) is 5.80. The molecule has 0 fully saturated rings. The van der Waals surface area contributed by atoms with Crippen molar-refractivity contribution < 1.29 is 4.74 Å². The summed E-state index contributed by atoms with van der Waals surface area (Å²) in [6, 6.07) is 10.1. The zero-order valence-corrected chi connectivity index (χ0v) is 10.8. The van der Waals surface area contributed by atoms with Gasteiger partial charge < -0.3 is 10.5 Å². The minimum atomic E-state index is -0.117. The summed E-state index contributed by atoms with van der Waals surface area (Å²) in [5.41, 5.74) is 7.95. The Kier molecular flexibility index (Phi) is 4.12. The van der Waals surface area contributed by atoms with Gasteiger partial charge >= 0.3 is 0 Å². The third kappa shape index (κ3) is 2.97. The highest BCUT2D eigenvalue weighted by atomic mass is 16.5. The maximum Gasteiger partial charge on any atom is 0.0985 e. The molecule has 1 aromatic heterocycles. The van der Waals surface area contributed by atoms with Crippen LogP contribution in [0.3, 0.4) is 0 Å². The molecule has 2 atom stereocenters. The summed E-state index contributed by atoms with van der Waals surface area (Å²) in [4.78, 5) is 0. The summed E-state index contributed by atoms with van der Waals surface area (Å²) in [5.74, 6) is 0. The van der Waals surface area contributed by atoms with E-state index in [2.05, 4.69) is 17.2 Å². The fourth-order valence-corrected chi connectivity index (χ4v) is 1.93. The van der Waals surface area contributed by atoms with Crippen LogP contribution in [0.4, 0.5) is 0 Å². The molecular weight excluding hydrogens is 226 g/mol. The van der Waals surface area contributed by atoms with Crippen molar-refractivity contribution in [2.75, 3.05) is 6.54 Å². The van der Waals surface area contributed by atoms with Crippen LogP contribution in [0.25, 0.3) is 0 Å². The number of aromatic nitrogens is 2. The molecule has 2 aromatic rings. The number of ether oxygens (including phenoxy) is 1. The van der Waals surface area contributed by atoms with Crippen LogP contribution in [0.15, 0.2) is 42.7 Å². The summed E-state index contributed by atoms with van der Waals surface area (Å²) in [5, 5.41) is 4.15. The van der Waals surface area contributed by atoms with E-state index >= 15 is 0 Å². The van der Waals surface area contributed by atoms with Crippen molar-refractivity contribution in [2.24, 2.45) is 12.8 Å². The second-order valence-corrected chi connectivity index (χ2v) is 4.36. The Morgan fingerprint density at radius 2 is 2.00 bits per heavy atom. The van der Waals surface area contributed by atoms with Crippen molar-refractivity contribution in [1.29, 1.82) is 0 Å². The van der Waals surface area contributed by atoms with Gasteiger partial charge in [-0.2, -0.15) is 5.10 Å². The minimum Gasteiger partial charge on any atom is -0.364 e. The summed E-state index contributed by atoms with van der Waals surface area (Å²) >= 11 is 0. The van der Waals surface area contributed by atoms with E-state index in [-0.39, 0.29) is 12.2 Å². The van der Waals surface area contributed by atoms with Gasteiger partial charge in [0.2, 0.25) is 0 Å². The average Bonchev–Trinajstić information content (AvgIpc) is 2.83. The molecular formula is C14H19N3O. The molecule has 0 bridgehead atoms. The molecule has 0 aliphatic heterocycles. The molecule has 0 amide bonds. The van der Waals surface area contributed by atoms with Gasteiger partial charge in [-0.1, -0.05) is 30.3 Å². The molecule has 0 radical (unpaired) electrons. The van der Waals surface area contributed by atoms with Crippen LogP contribution in [0.1, 0.15) is 30.3 Å². The van der Waals surface area contributed by atoms with Crippen LogP contribution >= 0.6 is 0 Å². The van der Waals surface area contributed by atoms with Crippen LogP contribution < -0.4 is 5.73 Å². The Hall–Kier alpha value is -1.65. The maximum absolute atomic E-state index is 6.01. The van der Waals surface area contributed by atoms with Gasteiger partial charge in [0.15, 0.2) is 0 Å². The van der Waals surface area contributed by atoms with Crippen molar-refractivity contribution in [3.63, 3.8) is 0 Å². The quantitative estimate of drug-likeness (QED) is 0.878. The number of nitrogens with two attached hydrogens (primary N) is 1. The lowest BCUT2D eigenvalue weighted by atomic mass is 10.1. The van der Waals surface area contributed by atoms with Gasteiger partial charge in [0.1, 0.15) is 0 Å². The summed E-state index contributed by atoms with van der Waals surface area (Å²) in [6.07, 6.45) is 3.64. The van der Waals surface area contributed by atoms with Gasteiger partial charge in [-0.05, 0) is 12.5 Å². The van der Waals surface area contributed by atoms with Crippen molar-refractivity contribution in [1.82, 2.24) is 9.78 Å². The number of benzene rings is 1. The third-order valence-corrected chi connectivity index (χ3v) is 2.95. The molecule has 96 valence electrons. The van der Waals surface area contributed by atoms with E-state index in [1.807, 2.05) is 38.4 Å². The van der Waals surface area contributed by atoms with E-state index in [1.165, 1.54) is 0 Å². The number of rotatable bonds is 5. The highest BCUT2D eigenvalue weighted by molar-refractivity contribution is 5.17. The van der Waals surface area contributed by atoms with Crippen LogP contribution in [-0.2, 0) is 11.8 Å². The van der Waals surface area contributed by atoms with E-state index in [0.29, 0.717) is 6.54 Å². The van der Waals surface area contributed by atoms with Crippen molar-refractivity contribution >= 4 is 0 Å². The van der Waals surface area contributed by atoms with E-state index < -0.39 is 0 Å². The smallest absolute Gasteiger partial charge is 0.0985 e. The molecule has 2 unspecified atom stereocenters. The Morgan fingerprint density at radius 1 is 1.28 bits per heavy atom. The van der Waals surface area contributed by atoms with Gasteiger partial charge in [0.05, 0.1) is 18.4 Å². The van der Waals surface area contributed by atoms with Gasteiger partial charge in [-0.25, -0.2) is 0 Å². The lowest BCUT2D eigenvalue weighted by molar-refractivity contribution is 0.000195. The van der Waals surface area contributed by atoms with Gasteiger partial charge in [-0.3, -0.25) is 4.68 Å². The Morgan fingerprint density at radius 3 is 2.56 bits per heavy atom. The van der Waals surface area contributed by atoms with Crippen LogP contribution in [0.2, 0.25) is 0 Å². The molecule has 0 saturated carbocycles. The Bertz CT molecular complexity index is 481. The van der Waals surface area contributed by atoms with Crippen LogP contribution in [0.5, 0.6) is 0 Å². The highest BCUT2D eigenvalue weighted by Gasteiger charge is 2.16. The van der Waals surface area contributed by atoms with Crippen molar-refractivity contribution in [3.8, 4) is 0 Å². The summed E-state index contributed by atoms with van der Waals surface area (Å²) < 4.78 is 7.77. The van der Waals surface area contributed by atoms with E-state index in [4.69, 9.17) is 10.5 Å². The molecule has 0 aliphatic rings. The topological polar surface area (TPSA) is 53.1 Å². The minimum absolute atomic E-state index is 0.0138. The predicted octanol–water partition coefficient (Wildman–Crippen LogP) is 2.20. The Balaban J connectivity index is 2.07. The van der Waals surface area contributed by atoms with Crippen molar-refractivity contribution in [2.45, 2.75) is 19.1 Å². The SMILES string of the molecule is CC(OC(CN)c1cnn(C)c1)c1ccccc1. The number of nitrogens with zero attached hydrogens (tertiary/aromatic N) is 2. The first kappa shape index (κ1) is 12.8. The number of hydrogen-bond acceptors (Lipinski definition) is 3. The molecule has 0 aliphatic carbocycles. The molecule has 1 aromatic carbocycles. The lowest BCUT2D eigenvalue weighted by Gasteiger charge is -2.20. The molecule has 4 nitrogen and oxygen atoms in total. The largest absolute Gasteiger partial charge is 0.364 e. The van der Waals surface area contributed by atoms with Gasteiger partial charge in [-0.15, -0.1) is 0 Å². The molecule has 1 heterocycles. The normalized spacial score (nSPS) is 14.4. The van der Waals surface area contributed by atoms with E-state index in [1.54, 1.807) is 10.9 Å². The standard InChI is InChI=1S/C14H19N3O/c1-11(12-6-4-3-5-7-12)18-14(8-15)13-9-16-17(2)10-13/h3-7,9-11,14H,8,15H2,1-2H3. The predicted molar refractivity (Wildman–Crippen MR) is 70.9 cm³/mol. The molecule has 18 heavy (non-hydrogen) atoms. The molecule has 4 heteroatoms. The summed E-state index contributed by atoms with van der Waals surface area (Å²) in [7, 11) is 1.89. The van der Waals surface area contributed by atoms with Crippen LogP contribution in [0, 0.1) is 0 Å². The third-order valence-electron chi connectivity index (χ3n) is 2.95. The van der Waals surface area contributed by atoms with Crippen LogP contribution in [-0.4, -0.2) is 16.3 Å². The zero-order valence-electron chi connectivity index (χ0n) is 10.8. The molecule has 0 spiro atoms. The zero-order chi connectivity index (χ0) is 13.0. The van der Waals surface area contributed by atoms with Gasteiger partial charge in [0, 0.05) is 25.4 Å². The van der Waals surface area contributed by atoms with E-state index in [0.717, 1.165) is 11.1 Å². The lowest BCUT2D eigenvalue weighted by Crippen LogP contribution is -2.17. The second-order valence-electron chi connectivity index (χ2n) is 4.36. The maximum atomic E-state index is 6.01. The van der Waals surface area contributed by atoms with Gasteiger partial charge in [0.25, 0.3) is 0 Å². The Labute approximate surface area is 107 Å². The monoisotopic (exact) mass is 245 g/mol. The molecule has 2 rings (SSSR count). The van der Waals surface area contributed by atoms with E-state index in [9.17, 15) is 0 Å². The first-order valence-corrected chi connectivity index (χ1v) is 6.09. The highest BCUT2D eigenvalue weighted by Crippen LogP contribution is 2.25. The number of hydrogen-bond donors (Lipinski definition) is 1. The van der Waals surface area contributed by atoms with Crippen molar-refractivity contribution in [3.05, 3.63) is 53.9 Å². The molecule has 0 saturated heterocycles. The first-order chi connectivity index (χ1) is 8.70. The fourth-order valence-electron chi connectivity index (χ4n) is 1.93.